The number of rotatable bonds is 2. The maximum absolute atomic E-state index is 11.9. The number of hydrogen-bond acceptors (Lipinski definition) is 3. The summed E-state index contributed by atoms with van der Waals surface area (Å²) in [6, 6.07) is 8.08. The third-order valence-corrected chi connectivity index (χ3v) is 3.93. The molecule has 1 heterocycles. The number of anilines is 1. The molecule has 0 saturated heterocycles. The second-order valence-electron chi connectivity index (χ2n) is 5.38. The Hall–Kier alpha value is -1.55. The fraction of sp³-hybridized carbons (Fsp3) is 0.400. The van der Waals surface area contributed by atoms with Crippen molar-refractivity contribution < 1.29 is 9.53 Å². The molecule has 102 valence electrons. The Balaban J connectivity index is 2.31. The molecule has 19 heavy (non-hydrogen) atoms. The van der Waals surface area contributed by atoms with Gasteiger partial charge in [0, 0.05) is 15.0 Å². The Labute approximate surface area is 117 Å². The lowest BCUT2D eigenvalue weighted by molar-refractivity contribution is 0.0636. The Bertz CT molecular complexity index is 596. The van der Waals surface area contributed by atoms with Crippen molar-refractivity contribution in [3.8, 4) is 0 Å². The predicted molar refractivity (Wildman–Crippen MR) is 81.1 cm³/mol. The highest BCUT2D eigenvalue weighted by atomic mass is 32.1. The highest BCUT2D eigenvalue weighted by Gasteiger charge is 2.19. The molecule has 1 N–H and O–H groups in total. The molecular formula is C15H19NO2S. The maximum Gasteiger partial charge on any atom is 0.412 e. The van der Waals surface area contributed by atoms with Gasteiger partial charge in [-0.05, 0) is 33.3 Å². The van der Waals surface area contributed by atoms with Gasteiger partial charge in [-0.1, -0.05) is 25.1 Å². The predicted octanol–water partition coefficient (Wildman–Crippen LogP) is 4.81. The first-order valence-corrected chi connectivity index (χ1v) is 7.23. The van der Waals surface area contributed by atoms with E-state index in [0.717, 1.165) is 17.5 Å². The van der Waals surface area contributed by atoms with Crippen LogP contribution in [0.2, 0.25) is 0 Å². The molecule has 0 aliphatic rings. The van der Waals surface area contributed by atoms with Crippen LogP contribution in [-0.4, -0.2) is 11.7 Å². The number of nitrogens with one attached hydrogen (secondary N) is 1. The van der Waals surface area contributed by atoms with Gasteiger partial charge in [0.15, 0.2) is 0 Å². The third kappa shape index (κ3) is 3.26. The topological polar surface area (TPSA) is 38.3 Å². The van der Waals surface area contributed by atoms with Crippen molar-refractivity contribution in [1.82, 2.24) is 0 Å². The van der Waals surface area contributed by atoms with E-state index in [4.69, 9.17) is 4.74 Å². The molecule has 0 aliphatic heterocycles. The quantitative estimate of drug-likeness (QED) is 0.855. The Morgan fingerprint density at radius 1 is 1.32 bits per heavy atom. The van der Waals surface area contributed by atoms with E-state index in [2.05, 4.69) is 18.3 Å². The summed E-state index contributed by atoms with van der Waals surface area (Å²) >= 11 is 1.71. The third-order valence-electron chi connectivity index (χ3n) is 2.62. The first kappa shape index (κ1) is 13.9. The monoisotopic (exact) mass is 277 g/mol. The van der Waals surface area contributed by atoms with Gasteiger partial charge in [-0.3, -0.25) is 5.32 Å². The largest absolute Gasteiger partial charge is 0.444 e. The molecule has 0 atom stereocenters. The normalized spacial score (nSPS) is 11.6. The summed E-state index contributed by atoms with van der Waals surface area (Å²) in [6.07, 6.45) is 0.496. The van der Waals surface area contributed by atoms with Crippen LogP contribution in [-0.2, 0) is 11.2 Å². The minimum atomic E-state index is -0.484. The summed E-state index contributed by atoms with van der Waals surface area (Å²) in [5.74, 6) is 0. The smallest absolute Gasteiger partial charge is 0.412 e. The summed E-state index contributed by atoms with van der Waals surface area (Å²) in [5.41, 5.74) is 0.403. The summed E-state index contributed by atoms with van der Waals surface area (Å²) in [7, 11) is 0. The van der Waals surface area contributed by atoms with Gasteiger partial charge in [-0.15, -0.1) is 11.3 Å². The SMILES string of the molecule is CCc1sc2ccccc2c1NC(=O)OC(C)(C)C. The number of carbonyl (C=O) groups excluding carboxylic acids is 1. The van der Waals surface area contributed by atoms with Crippen molar-refractivity contribution in [2.75, 3.05) is 5.32 Å². The lowest BCUT2D eigenvalue weighted by atomic mass is 10.2. The van der Waals surface area contributed by atoms with Crippen LogP contribution in [0, 0.1) is 0 Å². The molecule has 4 heteroatoms. The molecule has 0 unspecified atom stereocenters. The molecule has 0 fully saturated rings. The van der Waals surface area contributed by atoms with Crippen molar-refractivity contribution in [3.63, 3.8) is 0 Å². The summed E-state index contributed by atoms with van der Waals surface area (Å²) in [6.45, 7) is 7.67. The fourth-order valence-electron chi connectivity index (χ4n) is 1.89. The van der Waals surface area contributed by atoms with Crippen molar-refractivity contribution in [2.45, 2.75) is 39.7 Å². The molecule has 0 radical (unpaired) electrons. The number of amides is 1. The lowest BCUT2D eigenvalue weighted by Crippen LogP contribution is -2.27. The number of ether oxygens (including phenoxy) is 1. The summed E-state index contributed by atoms with van der Waals surface area (Å²) in [5, 5.41) is 3.97. The van der Waals surface area contributed by atoms with Gasteiger partial charge in [0.2, 0.25) is 0 Å². The van der Waals surface area contributed by atoms with Crippen molar-refractivity contribution in [3.05, 3.63) is 29.1 Å². The minimum absolute atomic E-state index is 0.397. The molecule has 0 spiro atoms. The Morgan fingerprint density at radius 2 is 2.00 bits per heavy atom. The zero-order valence-electron chi connectivity index (χ0n) is 11.7. The average Bonchev–Trinajstić information content (AvgIpc) is 2.65. The van der Waals surface area contributed by atoms with Crippen molar-refractivity contribution >= 4 is 33.2 Å². The van der Waals surface area contributed by atoms with Crippen LogP contribution in [0.1, 0.15) is 32.6 Å². The lowest BCUT2D eigenvalue weighted by Gasteiger charge is -2.19. The van der Waals surface area contributed by atoms with Crippen LogP contribution in [0.15, 0.2) is 24.3 Å². The van der Waals surface area contributed by atoms with Crippen LogP contribution in [0.5, 0.6) is 0 Å². The standard InChI is InChI=1S/C15H19NO2S/c1-5-11-13(16-14(17)18-15(2,3)4)10-8-6-7-9-12(10)19-11/h6-9H,5H2,1-4H3,(H,16,17). The Morgan fingerprint density at radius 3 is 2.63 bits per heavy atom. The molecule has 2 aromatic rings. The van der Waals surface area contributed by atoms with Gasteiger partial charge in [0.1, 0.15) is 5.60 Å². The molecule has 0 aliphatic carbocycles. The summed E-state index contributed by atoms with van der Waals surface area (Å²) in [4.78, 5) is 13.1. The summed E-state index contributed by atoms with van der Waals surface area (Å²) < 4.78 is 6.50. The molecule has 0 bridgehead atoms. The van der Waals surface area contributed by atoms with Gasteiger partial charge in [0.05, 0.1) is 5.69 Å². The van der Waals surface area contributed by atoms with E-state index in [1.165, 1.54) is 9.58 Å². The van der Waals surface area contributed by atoms with Crippen molar-refractivity contribution in [1.29, 1.82) is 0 Å². The van der Waals surface area contributed by atoms with Gasteiger partial charge < -0.3 is 4.74 Å². The van der Waals surface area contributed by atoms with Crippen LogP contribution in [0.25, 0.3) is 10.1 Å². The van der Waals surface area contributed by atoms with Gasteiger partial charge in [0.25, 0.3) is 0 Å². The number of benzene rings is 1. The molecule has 1 aromatic carbocycles. The van der Waals surface area contributed by atoms with E-state index in [-0.39, 0.29) is 0 Å². The molecule has 1 aromatic heterocycles. The van der Waals surface area contributed by atoms with Crippen LogP contribution in [0.3, 0.4) is 0 Å². The van der Waals surface area contributed by atoms with Crippen LogP contribution in [0.4, 0.5) is 10.5 Å². The average molecular weight is 277 g/mol. The van der Waals surface area contributed by atoms with E-state index in [1.807, 2.05) is 39.0 Å². The minimum Gasteiger partial charge on any atom is -0.444 e. The van der Waals surface area contributed by atoms with Gasteiger partial charge in [-0.25, -0.2) is 4.79 Å². The van der Waals surface area contributed by atoms with E-state index < -0.39 is 11.7 Å². The molecule has 1 amide bonds. The molecule has 2 rings (SSSR count). The van der Waals surface area contributed by atoms with Gasteiger partial charge in [-0.2, -0.15) is 0 Å². The van der Waals surface area contributed by atoms with E-state index in [0.29, 0.717) is 0 Å². The first-order valence-electron chi connectivity index (χ1n) is 6.41. The number of thiophene rings is 1. The number of aryl methyl sites for hydroxylation is 1. The fourth-order valence-corrected chi connectivity index (χ4v) is 2.99. The molecule has 0 saturated carbocycles. The van der Waals surface area contributed by atoms with E-state index in [9.17, 15) is 4.79 Å². The van der Waals surface area contributed by atoms with Crippen molar-refractivity contribution in [2.24, 2.45) is 0 Å². The number of hydrogen-bond donors (Lipinski definition) is 1. The molecule has 3 nitrogen and oxygen atoms in total. The number of fused-ring (bicyclic) bond motifs is 1. The molecular weight excluding hydrogens is 258 g/mol. The second kappa shape index (κ2) is 5.21. The number of carbonyl (C=O) groups is 1. The second-order valence-corrected chi connectivity index (χ2v) is 6.51. The highest BCUT2D eigenvalue weighted by Crippen LogP contribution is 2.36. The van der Waals surface area contributed by atoms with Crippen LogP contribution >= 0.6 is 11.3 Å². The van der Waals surface area contributed by atoms with E-state index >= 15 is 0 Å². The van der Waals surface area contributed by atoms with Crippen LogP contribution < -0.4 is 5.32 Å². The zero-order chi connectivity index (χ0) is 14.0. The zero-order valence-corrected chi connectivity index (χ0v) is 12.6. The maximum atomic E-state index is 11.9. The Kier molecular flexibility index (Phi) is 3.80. The first-order chi connectivity index (χ1) is 8.90. The van der Waals surface area contributed by atoms with Gasteiger partial charge >= 0.3 is 6.09 Å². The highest BCUT2D eigenvalue weighted by molar-refractivity contribution is 7.19. The van der Waals surface area contributed by atoms with E-state index in [1.54, 1.807) is 11.3 Å².